The molecule has 2 rings (SSSR count). The van der Waals surface area contributed by atoms with E-state index < -0.39 is 0 Å². The normalized spacial score (nSPS) is 14.1. The van der Waals surface area contributed by atoms with Crippen LogP contribution in [0.1, 0.15) is 56.2 Å². The predicted molar refractivity (Wildman–Crippen MR) is 86.3 cm³/mol. The number of nitrogens with zero attached hydrogens (tertiary/aromatic N) is 3. The fourth-order valence-corrected chi connectivity index (χ4v) is 2.53. The van der Waals surface area contributed by atoms with Crippen molar-refractivity contribution < 1.29 is 0 Å². The Labute approximate surface area is 127 Å². The lowest BCUT2D eigenvalue weighted by Gasteiger charge is -2.17. The third-order valence-electron chi connectivity index (χ3n) is 4.10. The van der Waals surface area contributed by atoms with Gasteiger partial charge in [-0.05, 0) is 44.5 Å². The summed E-state index contributed by atoms with van der Waals surface area (Å²) in [5.74, 6) is 0. The van der Waals surface area contributed by atoms with E-state index in [0.717, 1.165) is 30.7 Å². The summed E-state index contributed by atoms with van der Waals surface area (Å²) in [7, 11) is 1.99. The molecule has 2 heterocycles. The number of aryl methyl sites for hydroxylation is 1. The Kier molecular flexibility index (Phi) is 5.51. The van der Waals surface area contributed by atoms with Crippen molar-refractivity contribution in [2.45, 2.75) is 52.1 Å². The fourth-order valence-electron chi connectivity index (χ4n) is 2.53. The van der Waals surface area contributed by atoms with E-state index in [1.54, 1.807) is 0 Å². The molecule has 21 heavy (non-hydrogen) atoms. The van der Waals surface area contributed by atoms with Crippen LogP contribution in [-0.2, 0) is 12.8 Å². The molecule has 0 spiro atoms. The molecule has 0 aromatic carbocycles. The zero-order valence-corrected chi connectivity index (χ0v) is 13.5. The van der Waals surface area contributed by atoms with Gasteiger partial charge >= 0.3 is 0 Å². The van der Waals surface area contributed by atoms with Crippen LogP contribution in [0.2, 0.25) is 0 Å². The van der Waals surface area contributed by atoms with Crippen molar-refractivity contribution in [1.82, 2.24) is 20.1 Å². The number of pyridine rings is 1. The molecule has 0 radical (unpaired) electrons. The van der Waals surface area contributed by atoms with E-state index in [0.29, 0.717) is 6.04 Å². The van der Waals surface area contributed by atoms with Gasteiger partial charge < -0.3 is 5.32 Å². The van der Waals surface area contributed by atoms with E-state index in [2.05, 4.69) is 54.1 Å². The quantitative estimate of drug-likeness (QED) is 0.849. The molecule has 4 nitrogen and oxygen atoms in total. The van der Waals surface area contributed by atoms with Gasteiger partial charge in [0.15, 0.2) is 0 Å². The van der Waals surface area contributed by atoms with E-state index >= 15 is 0 Å². The smallest absolute Gasteiger partial charge is 0.0644 e. The van der Waals surface area contributed by atoms with Crippen LogP contribution in [0.25, 0.3) is 0 Å². The maximum absolute atomic E-state index is 4.70. The molecule has 0 aliphatic carbocycles. The van der Waals surface area contributed by atoms with Crippen molar-refractivity contribution in [1.29, 1.82) is 0 Å². The van der Waals surface area contributed by atoms with E-state index in [-0.39, 0.29) is 6.04 Å². The van der Waals surface area contributed by atoms with E-state index in [4.69, 9.17) is 5.10 Å². The fraction of sp³-hybridized carbons (Fsp3) is 0.529. The monoisotopic (exact) mass is 286 g/mol. The van der Waals surface area contributed by atoms with Crippen molar-refractivity contribution in [3.63, 3.8) is 0 Å². The molecule has 0 amide bonds. The first kappa shape index (κ1) is 15.7. The minimum Gasteiger partial charge on any atom is -0.311 e. The van der Waals surface area contributed by atoms with Gasteiger partial charge in [0, 0.05) is 24.9 Å². The molecule has 4 heteroatoms. The molecule has 2 aromatic rings. The molecule has 2 unspecified atom stereocenters. The summed E-state index contributed by atoms with van der Waals surface area (Å²) in [4.78, 5) is 4.58. The highest BCUT2D eigenvalue weighted by molar-refractivity contribution is 5.24. The molecular formula is C17H26N4. The number of aromatic nitrogens is 3. The Morgan fingerprint density at radius 1 is 1.29 bits per heavy atom. The van der Waals surface area contributed by atoms with Crippen LogP contribution in [-0.4, -0.2) is 21.8 Å². The predicted octanol–water partition coefficient (Wildman–Crippen LogP) is 3.31. The van der Waals surface area contributed by atoms with Crippen molar-refractivity contribution in [3.8, 4) is 0 Å². The Morgan fingerprint density at radius 2 is 2.10 bits per heavy atom. The van der Waals surface area contributed by atoms with Gasteiger partial charge in [0.1, 0.15) is 0 Å². The number of hydrogen-bond donors (Lipinski definition) is 1. The van der Waals surface area contributed by atoms with Gasteiger partial charge in [-0.1, -0.05) is 19.9 Å². The van der Waals surface area contributed by atoms with Gasteiger partial charge in [0.25, 0.3) is 0 Å². The number of nitrogens with one attached hydrogen (secondary N) is 1. The van der Waals surface area contributed by atoms with Crippen LogP contribution in [0.5, 0.6) is 0 Å². The van der Waals surface area contributed by atoms with Crippen LogP contribution in [0.3, 0.4) is 0 Å². The minimum atomic E-state index is 0.210. The van der Waals surface area contributed by atoms with Gasteiger partial charge in [0.05, 0.1) is 17.4 Å². The van der Waals surface area contributed by atoms with Gasteiger partial charge in [-0.25, -0.2) is 0 Å². The maximum atomic E-state index is 4.70. The summed E-state index contributed by atoms with van der Waals surface area (Å²) < 4.78 is 2.06. The zero-order valence-electron chi connectivity index (χ0n) is 13.5. The van der Waals surface area contributed by atoms with Gasteiger partial charge in [-0.2, -0.15) is 5.10 Å². The van der Waals surface area contributed by atoms with E-state index in [9.17, 15) is 0 Å². The van der Waals surface area contributed by atoms with Crippen molar-refractivity contribution in [2.75, 3.05) is 7.05 Å². The lowest BCUT2D eigenvalue weighted by molar-refractivity contribution is 0.468. The number of likely N-dealkylation sites (N-methyl/N-ethyl adjacent to an activating group) is 1. The SMILES string of the molecule is CCc1cccnc1C(Cc1ccn(C(C)CC)n1)NC. The summed E-state index contributed by atoms with van der Waals surface area (Å²) in [5, 5.41) is 8.08. The molecular weight excluding hydrogens is 260 g/mol. The second kappa shape index (κ2) is 7.36. The van der Waals surface area contributed by atoms with Crippen molar-refractivity contribution in [2.24, 2.45) is 0 Å². The van der Waals surface area contributed by atoms with Crippen molar-refractivity contribution in [3.05, 3.63) is 47.5 Å². The molecule has 0 bridgehead atoms. The zero-order chi connectivity index (χ0) is 15.2. The highest BCUT2D eigenvalue weighted by Crippen LogP contribution is 2.20. The first-order chi connectivity index (χ1) is 10.2. The summed E-state index contributed by atoms with van der Waals surface area (Å²) >= 11 is 0. The highest BCUT2D eigenvalue weighted by Gasteiger charge is 2.16. The Balaban J connectivity index is 2.17. The third-order valence-corrected chi connectivity index (χ3v) is 4.10. The Bertz CT molecular complexity index is 561. The number of rotatable bonds is 7. The molecule has 0 saturated heterocycles. The molecule has 1 N–H and O–H groups in total. The lowest BCUT2D eigenvalue weighted by atomic mass is 10.0. The van der Waals surface area contributed by atoms with Crippen LogP contribution in [0.15, 0.2) is 30.6 Å². The Hall–Kier alpha value is -1.68. The van der Waals surface area contributed by atoms with E-state index in [1.807, 2.05) is 19.3 Å². The summed E-state index contributed by atoms with van der Waals surface area (Å²) in [6.07, 6.45) is 6.91. The Morgan fingerprint density at radius 3 is 2.76 bits per heavy atom. The molecule has 2 atom stereocenters. The molecule has 0 aliphatic rings. The first-order valence-electron chi connectivity index (χ1n) is 7.84. The summed E-state index contributed by atoms with van der Waals surface area (Å²) in [6.45, 7) is 6.55. The minimum absolute atomic E-state index is 0.210. The van der Waals surface area contributed by atoms with Crippen molar-refractivity contribution >= 4 is 0 Å². The van der Waals surface area contributed by atoms with Crippen LogP contribution < -0.4 is 5.32 Å². The largest absolute Gasteiger partial charge is 0.311 e. The van der Waals surface area contributed by atoms with Crippen LogP contribution in [0, 0.1) is 0 Å². The maximum Gasteiger partial charge on any atom is 0.0644 e. The van der Waals surface area contributed by atoms with E-state index in [1.165, 1.54) is 5.56 Å². The van der Waals surface area contributed by atoms with Gasteiger partial charge in [-0.3, -0.25) is 9.67 Å². The lowest BCUT2D eigenvalue weighted by Crippen LogP contribution is -2.22. The summed E-state index contributed by atoms with van der Waals surface area (Å²) in [5.41, 5.74) is 3.56. The molecule has 0 fully saturated rings. The average Bonchev–Trinajstić information content (AvgIpc) is 3.00. The second-order valence-electron chi connectivity index (χ2n) is 5.49. The molecule has 0 saturated carbocycles. The van der Waals surface area contributed by atoms with Gasteiger partial charge in [0.2, 0.25) is 0 Å². The average molecular weight is 286 g/mol. The number of hydrogen-bond acceptors (Lipinski definition) is 3. The van der Waals surface area contributed by atoms with Gasteiger partial charge in [-0.15, -0.1) is 0 Å². The summed E-state index contributed by atoms with van der Waals surface area (Å²) in [6, 6.07) is 6.94. The first-order valence-corrected chi connectivity index (χ1v) is 7.84. The topological polar surface area (TPSA) is 42.7 Å². The highest BCUT2D eigenvalue weighted by atomic mass is 15.3. The molecule has 114 valence electrons. The molecule has 0 aliphatic heterocycles. The van der Waals surface area contributed by atoms with Crippen LogP contribution in [0.4, 0.5) is 0 Å². The van der Waals surface area contributed by atoms with Crippen LogP contribution >= 0.6 is 0 Å². The third kappa shape index (κ3) is 3.70. The molecule has 2 aromatic heterocycles. The second-order valence-corrected chi connectivity index (χ2v) is 5.49. The standard InChI is InChI=1S/C17H26N4/c1-5-13(3)21-11-9-15(20-21)12-16(18-4)17-14(6-2)8-7-10-19-17/h7-11,13,16,18H,5-6,12H2,1-4H3.